The Morgan fingerprint density at radius 2 is 1.39 bits per heavy atom. The molecule has 3 rings (SSSR count). The van der Waals surface area contributed by atoms with E-state index in [1.807, 2.05) is 6.92 Å². The number of carbonyl (C=O) groups is 3. The number of likely N-dealkylation sites (tertiary alicyclic amines) is 1. The Kier molecular flexibility index (Phi) is 10.3. The van der Waals surface area contributed by atoms with E-state index in [4.69, 9.17) is 14.2 Å². The zero-order valence-electron chi connectivity index (χ0n) is 23.1. The molecule has 0 spiro atoms. The molecule has 1 amide bonds. The van der Waals surface area contributed by atoms with Gasteiger partial charge in [-0.25, -0.2) is 4.79 Å². The minimum atomic E-state index is -1.42. The van der Waals surface area contributed by atoms with Gasteiger partial charge in [0, 0.05) is 25.2 Å². The molecule has 0 aliphatic carbocycles. The van der Waals surface area contributed by atoms with Gasteiger partial charge in [-0.2, -0.15) is 0 Å². The van der Waals surface area contributed by atoms with E-state index in [0.717, 1.165) is 0 Å². The zero-order valence-corrected chi connectivity index (χ0v) is 23.1. The summed E-state index contributed by atoms with van der Waals surface area (Å²) in [5, 5.41) is 23.4. The maximum Gasteiger partial charge on any atom is 0.410 e. The van der Waals surface area contributed by atoms with E-state index in [9.17, 15) is 34.6 Å². The predicted octanol–water partition coefficient (Wildman–Crippen LogP) is 4.96. The number of para-hydroxylation sites is 2. The molecule has 2 aromatic carbocycles. The third-order valence-corrected chi connectivity index (χ3v) is 7.13. The smallest absolute Gasteiger partial charge is 0.410 e. The molecule has 1 aliphatic rings. The number of nitro groups is 2. The summed E-state index contributed by atoms with van der Waals surface area (Å²) in [4.78, 5) is 61.2. The van der Waals surface area contributed by atoms with Crippen molar-refractivity contribution < 1.29 is 38.4 Å². The average Bonchev–Trinajstić information content (AvgIpc) is 2.97. The fourth-order valence-electron chi connectivity index (χ4n) is 4.25. The summed E-state index contributed by atoms with van der Waals surface area (Å²) in [5.74, 6) is -1.33. The lowest BCUT2D eigenvalue weighted by molar-refractivity contribution is -0.387. The number of rotatable bonds is 11. The van der Waals surface area contributed by atoms with Gasteiger partial charge in [0.1, 0.15) is 13.2 Å². The average molecular weight is 572 g/mol. The lowest BCUT2D eigenvalue weighted by atomic mass is 9.91. The van der Waals surface area contributed by atoms with Crippen LogP contribution in [0.3, 0.4) is 0 Å². The van der Waals surface area contributed by atoms with E-state index >= 15 is 0 Å². The van der Waals surface area contributed by atoms with E-state index in [0.29, 0.717) is 6.42 Å². The van der Waals surface area contributed by atoms with Gasteiger partial charge < -0.3 is 19.1 Å². The van der Waals surface area contributed by atoms with E-state index < -0.39 is 39.3 Å². The normalized spacial score (nSPS) is 13.9. The first-order valence-corrected chi connectivity index (χ1v) is 13.2. The van der Waals surface area contributed by atoms with Crippen LogP contribution in [0.1, 0.15) is 57.3 Å². The van der Waals surface area contributed by atoms with Crippen LogP contribution in [0.25, 0.3) is 0 Å². The molecule has 0 saturated carbocycles. The molecule has 0 N–H and O–H groups in total. The van der Waals surface area contributed by atoms with Gasteiger partial charge in [0.25, 0.3) is 11.4 Å². The van der Waals surface area contributed by atoms with Crippen LogP contribution < -0.4 is 0 Å². The van der Waals surface area contributed by atoms with Crippen molar-refractivity contribution in [1.29, 1.82) is 0 Å². The molecule has 0 radical (unpaired) electrons. The largest absolute Gasteiger partial charge is 0.462 e. The quantitative estimate of drug-likeness (QED) is 0.118. The highest BCUT2D eigenvalue weighted by Gasteiger charge is 2.35. The summed E-state index contributed by atoms with van der Waals surface area (Å²) in [6.45, 7) is 5.55. The topological polar surface area (TPSA) is 168 Å². The molecular formula is C28H33N3O10. The molecule has 1 saturated heterocycles. The first kappa shape index (κ1) is 31.0. The second kappa shape index (κ2) is 13.7. The highest BCUT2D eigenvalue weighted by Crippen LogP contribution is 2.37. The van der Waals surface area contributed by atoms with Crippen molar-refractivity contribution in [1.82, 2.24) is 4.90 Å². The third kappa shape index (κ3) is 7.77. The molecular weight excluding hydrogens is 538 g/mol. The first-order valence-electron chi connectivity index (χ1n) is 13.2. The summed E-state index contributed by atoms with van der Waals surface area (Å²) in [7, 11) is 0. The molecule has 0 unspecified atom stereocenters. The highest BCUT2D eigenvalue weighted by molar-refractivity contribution is 5.76. The van der Waals surface area contributed by atoms with Gasteiger partial charge in [0.05, 0.1) is 32.3 Å². The molecule has 13 nitrogen and oxygen atoms in total. The van der Waals surface area contributed by atoms with E-state index in [1.165, 1.54) is 53.4 Å². The van der Waals surface area contributed by atoms with Crippen molar-refractivity contribution in [3.63, 3.8) is 0 Å². The Morgan fingerprint density at radius 3 is 1.88 bits per heavy atom. The molecule has 1 fully saturated rings. The molecule has 41 heavy (non-hydrogen) atoms. The van der Waals surface area contributed by atoms with Crippen molar-refractivity contribution in [2.24, 2.45) is 11.3 Å². The minimum absolute atomic E-state index is 0.0124. The van der Waals surface area contributed by atoms with Crippen molar-refractivity contribution >= 4 is 29.4 Å². The maximum atomic E-state index is 13.2. The Morgan fingerprint density at radius 1 is 0.902 bits per heavy atom. The molecule has 1 heterocycles. The van der Waals surface area contributed by atoms with Crippen LogP contribution in [-0.4, -0.2) is 59.1 Å². The molecule has 0 aromatic heterocycles. The number of benzene rings is 2. The number of amides is 1. The van der Waals surface area contributed by atoms with Crippen LogP contribution in [0.4, 0.5) is 16.2 Å². The number of esters is 2. The molecule has 0 bridgehead atoms. The number of ether oxygens (including phenoxy) is 3. The lowest BCUT2D eigenvalue weighted by Gasteiger charge is -2.31. The van der Waals surface area contributed by atoms with Gasteiger partial charge in [0.15, 0.2) is 6.10 Å². The van der Waals surface area contributed by atoms with E-state index in [1.54, 1.807) is 13.8 Å². The van der Waals surface area contributed by atoms with Crippen LogP contribution in [-0.2, 0) is 23.8 Å². The molecule has 2 aromatic rings. The SMILES string of the molecule is CCC(C)(C)C(=O)OCCOC(=O)C1CCN(C(=O)OC(c2ccccc2[N+](=O)[O-])c2ccccc2[N+](=O)[O-])CC1. The second-order valence-electron chi connectivity index (χ2n) is 10.2. The van der Waals surface area contributed by atoms with Crippen LogP contribution in [0.5, 0.6) is 0 Å². The molecule has 220 valence electrons. The van der Waals surface area contributed by atoms with Gasteiger partial charge in [-0.3, -0.25) is 29.8 Å². The lowest BCUT2D eigenvalue weighted by Crippen LogP contribution is -2.41. The first-order chi connectivity index (χ1) is 19.5. The van der Waals surface area contributed by atoms with E-state index in [2.05, 4.69) is 0 Å². The predicted molar refractivity (Wildman–Crippen MR) is 145 cm³/mol. The van der Waals surface area contributed by atoms with Crippen LogP contribution in [0, 0.1) is 31.6 Å². The molecule has 0 atom stereocenters. The number of nitrogens with zero attached hydrogens (tertiary/aromatic N) is 3. The van der Waals surface area contributed by atoms with E-state index in [-0.39, 0.29) is 67.6 Å². The third-order valence-electron chi connectivity index (χ3n) is 7.13. The number of hydrogen-bond acceptors (Lipinski definition) is 10. The van der Waals surface area contributed by atoms with Crippen molar-refractivity contribution in [3.05, 3.63) is 79.9 Å². The van der Waals surface area contributed by atoms with Crippen molar-refractivity contribution in [2.75, 3.05) is 26.3 Å². The zero-order chi connectivity index (χ0) is 30.2. The van der Waals surface area contributed by atoms with Gasteiger partial charge in [-0.1, -0.05) is 31.2 Å². The highest BCUT2D eigenvalue weighted by atomic mass is 16.6. The van der Waals surface area contributed by atoms with Crippen molar-refractivity contribution in [2.45, 2.75) is 46.1 Å². The molecule has 1 aliphatic heterocycles. The standard InChI is InChI=1S/C28H33N3O10/c1-4-28(2,3)26(33)40-18-17-39-25(32)19-13-15-29(16-14-19)27(34)41-24(20-9-5-7-11-22(20)30(35)36)21-10-6-8-12-23(21)31(37)38/h5-12,19,24H,4,13-18H2,1-3H3. The van der Waals surface area contributed by atoms with Crippen molar-refractivity contribution in [3.8, 4) is 0 Å². The summed E-state index contributed by atoms with van der Waals surface area (Å²) < 4.78 is 16.1. The monoisotopic (exact) mass is 571 g/mol. The Labute approximate surface area is 236 Å². The summed E-state index contributed by atoms with van der Waals surface area (Å²) in [6.07, 6.45) is -1.09. The number of piperidine rings is 1. The summed E-state index contributed by atoms with van der Waals surface area (Å²) in [5.41, 5.74) is -1.35. The Balaban J connectivity index is 1.65. The fraction of sp³-hybridized carbons (Fsp3) is 0.464. The number of hydrogen-bond donors (Lipinski definition) is 0. The van der Waals surface area contributed by atoms with Crippen LogP contribution in [0.2, 0.25) is 0 Å². The van der Waals surface area contributed by atoms with Gasteiger partial charge in [-0.05, 0) is 45.2 Å². The summed E-state index contributed by atoms with van der Waals surface area (Å²) >= 11 is 0. The Hall–Kier alpha value is -4.55. The number of nitro benzene ring substituents is 2. The number of carbonyl (C=O) groups excluding carboxylic acids is 3. The second-order valence-corrected chi connectivity index (χ2v) is 10.2. The van der Waals surface area contributed by atoms with Gasteiger partial charge >= 0.3 is 18.0 Å². The minimum Gasteiger partial charge on any atom is -0.462 e. The van der Waals surface area contributed by atoms with Gasteiger partial charge in [0.2, 0.25) is 0 Å². The van der Waals surface area contributed by atoms with Crippen LogP contribution in [0.15, 0.2) is 48.5 Å². The fourth-order valence-corrected chi connectivity index (χ4v) is 4.25. The summed E-state index contributed by atoms with van der Waals surface area (Å²) in [6, 6.07) is 11.1. The maximum absolute atomic E-state index is 13.2. The molecule has 13 heteroatoms. The Bertz CT molecular complexity index is 1230. The van der Waals surface area contributed by atoms with Gasteiger partial charge in [-0.15, -0.1) is 0 Å². The van der Waals surface area contributed by atoms with Crippen LogP contribution >= 0.6 is 0 Å².